The summed E-state index contributed by atoms with van der Waals surface area (Å²) in [6.45, 7) is 2.80. The van der Waals surface area contributed by atoms with E-state index in [1.807, 2.05) is 18.2 Å². The van der Waals surface area contributed by atoms with Crippen molar-refractivity contribution in [3.63, 3.8) is 0 Å². The van der Waals surface area contributed by atoms with Crippen LogP contribution in [-0.2, 0) is 0 Å². The number of carbonyl (C=O) groups excluding carboxylic acids is 1. The van der Waals surface area contributed by atoms with Gasteiger partial charge in [0.25, 0.3) is 5.91 Å². The predicted molar refractivity (Wildman–Crippen MR) is 73.4 cm³/mol. The Hall–Kier alpha value is -1.62. The van der Waals surface area contributed by atoms with Crippen LogP contribution in [0.2, 0.25) is 0 Å². The lowest BCUT2D eigenvalue weighted by molar-refractivity contribution is 0.0953. The molecular formula is C13H16N2O2S. The van der Waals surface area contributed by atoms with E-state index >= 15 is 0 Å². The maximum Gasteiger partial charge on any atom is 0.280 e. The van der Waals surface area contributed by atoms with Crippen LogP contribution in [0.3, 0.4) is 0 Å². The first kappa shape index (κ1) is 12.8. The molecule has 1 aromatic heterocycles. The normalized spacial score (nSPS) is 10.6. The molecule has 96 valence electrons. The van der Waals surface area contributed by atoms with Gasteiger partial charge in [-0.2, -0.15) is 0 Å². The zero-order valence-corrected chi connectivity index (χ0v) is 11.3. The molecular weight excluding hydrogens is 248 g/mol. The Morgan fingerprint density at radius 2 is 2.33 bits per heavy atom. The average molecular weight is 264 g/mol. The summed E-state index contributed by atoms with van der Waals surface area (Å²) in [5.41, 5.74) is 0.806. The monoisotopic (exact) mass is 264 g/mol. The molecule has 1 heterocycles. The quantitative estimate of drug-likeness (QED) is 0.845. The van der Waals surface area contributed by atoms with Crippen LogP contribution >= 0.6 is 11.3 Å². The molecule has 0 bridgehead atoms. The summed E-state index contributed by atoms with van der Waals surface area (Å²) in [4.78, 5) is 16.2. The summed E-state index contributed by atoms with van der Waals surface area (Å²) in [6, 6.07) is 5.64. The molecule has 0 aliphatic rings. The minimum absolute atomic E-state index is 0.0939. The molecule has 1 amide bonds. The van der Waals surface area contributed by atoms with Gasteiger partial charge >= 0.3 is 0 Å². The number of ether oxygens (including phenoxy) is 1. The van der Waals surface area contributed by atoms with E-state index < -0.39 is 0 Å². The Kier molecular flexibility index (Phi) is 4.15. The van der Waals surface area contributed by atoms with E-state index in [0.29, 0.717) is 11.6 Å². The summed E-state index contributed by atoms with van der Waals surface area (Å²) >= 11 is 1.40. The number of fused-ring (bicyclic) bond motifs is 1. The van der Waals surface area contributed by atoms with Crippen molar-refractivity contribution in [2.75, 3.05) is 13.7 Å². The van der Waals surface area contributed by atoms with E-state index in [9.17, 15) is 4.79 Å². The second-order valence-electron chi connectivity index (χ2n) is 3.96. The number of rotatable bonds is 5. The van der Waals surface area contributed by atoms with Crippen molar-refractivity contribution in [3.8, 4) is 5.75 Å². The van der Waals surface area contributed by atoms with Gasteiger partial charge in [-0.25, -0.2) is 4.98 Å². The van der Waals surface area contributed by atoms with E-state index in [1.165, 1.54) is 11.3 Å². The molecule has 0 aliphatic carbocycles. The number of nitrogens with one attached hydrogen (secondary N) is 1. The van der Waals surface area contributed by atoms with Gasteiger partial charge in [0.1, 0.15) is 5.75 Å². The Morgan fingerprint density at radius 1 is 1.50 bits per heavy atom. The van der Waals surface area contributed by atoms with Crippen LogP contribution < -0.4 is 10.1 Å². The molecule has 4 nitrogen and oxygen atoms in total. The van der Waals surface area contributed by atoms with Gasteiger partial charge in [-0.15, -0.1) is 11.3 Å². The van der Waals surface area contributed by atoms with E-state index in [-0.39, 0.29) is 5.91 Å². The van der Waals surface area contributed by atoms with Crippen LogP contribution in [0.25, 0.3) is 10.2 Å². The first-order valence-corrected chi connectivity index (χ1v) is 6.79. The van der Waals surface area contributed by atoms with Gasteiger partial charge < -0.3 is 10.1 Å². The van der Waals surface area contributed by atoms with Gasteiger partial charge in [-0.05, 0) is 18.6 Å². The summed E-state index contributed by atoms with van der Waals surface area (Å²) in [5.74, 6) is 0.661. The van der Waals surface area contributed by atoms with Crippen molar-refractivity contribution in [3.05, 3.63) is 23.2 Å². The molecule has 0 radical (unpaired) electrons. The van der Waals surface area contributed by atoms with Crippen LogP contribution in [0.15, 0.2) is 18.2 Å². The van der Waals surface area contributed by atoms with Crippen molar-refractivity contribution in [2.45, 2.75) is 19.8 Å². The van der Waals surface area contributed by atoms with Crippen molar-refractivity contribution in [2.24, 2.45) is 0 Å². The number of nitrogens with zero attached hydrogens (tertiary/aromatic N) is 1. The lowest BCUT2D eigenvalue weighted by Crippen LogP contribution is -2.24. The molecule has 1 aromatic carbocycles. The topological polar surface area (TPSA) is 51.2 Å². The van der Waals surface area contributed by atoms with Crippen molar-refractivity contribution in [1.29, 1.82) is 0 Å². The fraction of sp³-hybridized carbons (Fsp3) is 0.385. The van der Waals surface area contributed by atoms with Crippen molar-refractivity contribution >= 4 is 27.5 Å². The van der Waals surface area contributed by atoms with E-state index in [2.05, 4.69) is 17.2 Å². The molecule has 1 N–H and O–H groups in total. The summed E-state index contributed by atoms with van der Waals surface area (Å²) < 4.78 is 6.13. The van der Waals surface area contributed by atoms with Crippen LogP contribution in [0, 0.1) is 0 Å². The van der Waals surface area contributed by atoms with Crippen LogP contribution in [0.1, 0.15) is 29.6 Å². The number of benzene rings is 1. The molecule has 2 rings (SSSR count). The van der Waals surface area contributed by atoms with Gasteiger partial charge in [0, 0.05) is 12.6 Å². The number of carbonyl (C=O) groups is 1. The second-order valence-corrected chi connectivity index (χ2v) is 4.99. The molecule has 2 aromatic rings. The van der Waals surface area contributed by atoms with Gasteiger partial charge in [0.05, 0.1) is 17.3 Å². The molecule has 18 heavy (non-hydrogen) atoms. The standard InChI is InChI=1S/C13H16N2O2S/c1-3-4-7-14-12(16)13-15-10-8-9(17-2)5-6-11(10)18-13/h5-6,8H,3-4,7H2,1-2H3,(H,14,16). The highest BCUT2D eigenvalue weighted by atomic mass is 32.1. The molecule has 0 aliphatic heterocycles. The minimum Gasteiger partial charge on any atom is -0.497 e. The number of unbranched alkanes of at least 4 members (excludes halogenated alkanes) is 1. The zero-order valence-electron chi connectivity index (χ0n) is 10.5. The lowest BCUT2D eigenvalue weighted by atomic mass is 10.3. The van der Waals surface area contributed by atoms with Gasteiger partial charge in [0.2, 0.25) is 0 Å². The van der Waals surface area contributed by atoms with Gasteiger partial charge in [0.15, 0.2) is 5.01 Å². The van der Waals surface area contributed by atoms with Gasteiger partial charge in [-0.3, -0.25) is 4.79 Å². The third kappa shape index (κ3) is 2.79. The zero-order chi connectivity index (χ0) is 13.0. The Bertz CT molecular complexity index is 551. The SMILES string of the molecule is CCCCNC(=O)c1nc2cc(OC)ccc2s1. The number of hydrogen-bond acceptors (Lipinski definition) is 4. The third-order valence-electron chi connectivity index (χ3n) is 2.60. The van der Waals surface area contributed by atoms with Crippen LogP contribution in [0.4, 0.5) is 0 Å². The summed E-state index contributed by atoms with van der Waals surface area (Å²) in [7, 11) is 1.62. The fourth-order valence-electron chi connectivity index (χ4n) is 1.59. The molecule has 0 unspecified atom stereocenters. The number of amides is 1. The summed E-state index contributed by atoms with van der Waals surface area (Å²) in [5, 5.41) is 3.38. The van der Waals surface area contributed by atoms with Gasteiger partial charge in [-0.1, -0.05) is 13.3 Å². The third-order valence-corrected chi connectivity index (χ3v) is 3.64. The van der Waals surface area contributed by atoms with E-state index in [4.69, 9.17) is 4.74 Å². The van der Waals surface area contributed by atoms with Crippen LogP contribution in [0.5, 0.6) is 5.75 Å². The van der Waals surface area contributed by atoms with Crippen molar-refractivity contribution in [1.82, 2.24) is 10.3 Å². The minimum atomic E-state index is -0.0939. The number of aromatic nitrogens is 1. The Morgan fingerprint density at radius 3 is 3.06 bits per heavy atom. The fourth-order valence-corrected chi connectivity index (χ4v) is 2.45. The highest BCUT2D eigenvalue weighted by molar-refractivity contribution is 7.20. The smallest absolute Gasteiger partial charge is 0.280 e. The molecule has 0 saturated carbocycles. The van der Waals surface area contributed by atoms with E-state index in [1.54, 1.807) is 7.11 Å². The molecule has 0 saturated heterocycles. The first-order chi connectivity index (χ1) is 8.74. The van der Waals surface area contributed by atoms with E-state index in [0.717, 1.165) is 28.8 Å². The average Bonchev–Trinajstić information content (AvgIpc) is 2.81. The second kappa shape index (κ2) is 5.82. The first-order valence-electron chi connectivity index (χ1n) is 5.97. The number of methoxy groups -OCH3 is 1. The van der Waals surface area contributed by atoms with Crippen molar-refractivity contribution < 1.29 is 9.53 Å². The molecule has 0 fully saturated rings. The number of thiazole rings is 1. The maximum absolute atomic E-state index is 11.8. The predicted octanol–water partition coefficient (Wildman–Crippen LogP) is 2.83. The number of hydrogen-bond donors (Lipinski definition) is 1. The lowest BCUT2D eigenvalue weighted by Gasteiger charge is -1.99. The largest absolute Gasteiger partial charge is 0.497 e. The molecule has 0 atom stereocenters. The Labute approximate surface area is 110 Å². The molecule has 5 heteroatoms. The molecule has 0 spiro atoms. The maximum atomic E-state index is 11.8. The van der Waals surface area contributed by atoms with Crippen LogP contribution in [-0.4, -0.2) is 24.5 Å². The summed E-state index contributed by atoms with van der Waals surface area (Å²) in [6.07, 6.45) is 2.06. The highest BCUT2D eigenvalue weighted by Crippen LogP contribution is 2.25. The highest BCUT2D eigenvalue weighted by Gasteiger charge is 2.11. The Balaban J connectivity index is 2.16.